The van der Waals surface area contributed by atoms with E-state index in [0.29, 0.717) is 5.02 Å². The number of methoxy groups -OCH3 is 1. The summed E-state index contributed by atoms with van der Waals surface area (Å²) in [5.41, 5.74) is 7.03. The molecule has 5 heteroatoms. The molecule has 2 N–H and O–H groups in total. The highest BCUT2D eigenvalue weighted by Crippen LogP contribution is 2.37. The molecule has 1 aromatic carbocycles. The van der Waals surface area contributed by atoms with Crippen molar-refractivity contribution in [2.75, 3.05) is 7.11 Å². The Hall–Kier alpha value is -1.23. The number of nitrogens with zero attached hydrogens (tertiary/aromatic N) is 1. The lowest BCUT2D eigenvalue weighted by atomic mass is 10.1. The van der Waals surface area contributed by atoms with Gasteiger partial charge in [0.25, 0.3) is 0 Å². The van der Waals surface area contributed by atoms with Crippen LogP contribution < -0.4 is 10.5 Å². The van der Waals surface area contributed by atoms with Gasteiger partial charge in [0.2, 0.25) is 0 Å². The summed E-state index contributed by atoms with van der Waals surface area (Å²) < 4.78 is 5.37. The van der Waals surface area contributed by atoms with Crippen LogP contribution in [0.2, 0.25) is 5.02 Å². The highest BCUT2D eigenvalue weighted by Gasteiger charge is 2.14. The average molecular weight is 295 g/mol. The fourth-order valence-electron chi connectivity index (χ4n) is 1.77. The lowest BCUT2D eigenvalue weighted by molar-refractivity contribution is 0.405. The summed E-state index contributed by atoms with van der Waals surface area (Å²) in [5, 5.41) is 1.50. The highest BCUT2D eigenvalue weighted by molar-refractivity contribution is 7.99. The summed E-state index contributed by atoms with van der Waals surface area (Å²) in [6.07, 6.45) is 1.63. The van der Waals surface area contributed by atoms with Crippen molar-refractivity contribution in [1.82, 2.24) is 4.98 Å². The summed E-state index contributed by atoms with van der Waals surface area (Å²) in [6.45, 7) is 1.94. The van der Waals surface area contributed by atoms with Crippen molar-refractivity contribution in [2.24, 2.45) is 5.73 Å². The van der Waals surface area contributed by atoms with Gasteiger partial charge in [-0.3, -0.25) is 0 Å². The van der Waals surface area contributed by atoms with Crippen LogP contribution in [0.3, 0.4) is 0 Å². The monoisotopic (exact) mass is 294 g/mol. The number of pyridine rings is 1. The van der Waals surface area contributed by atoms with Crippen LogP contribution in [-0.2, 0) is 0 Å². The van der Waals surface area contributed by atoms with Gasteiger partial charge in [0.05, 0.1) is 12.1 Å². The van der Waals surface area contributed by atoms with E-state index in [4.69, 9.17) is 22.1 Å². The summed E-state index contributed by atoms with van der Waals surface area (Å²) in [7, 11) is 1.65. The maximum atomic E-state index is 6.03. The first-order chi connectivity index (χ1) is 9.11. The molecule has 1 unspecified atom stereocenters. The Morgan fingerprint density at radius 1 is 1.32 bits per heavy atom. The van der Waals surface area contributed by atoms with E-state index in [0.717, 1.165) is 21.2 Å². The molecule has 100 valence electrons. The second-order valence-corrected chi connectivity index (χ2v) is 5.58. The van der Waals surface area contributed by atoms with Crippen molar-refractivity contribution in [3.63, 3.8) is 0 Å². The molecule has 0 amide bonds. The molecule has 1 heterocycles. The fourth-order valence-corrected chi connectivity index (χ4v) is 2.90. The van der Waals surface area contributed by atoms with E-state index in [1.54, 1.807) is 25.1 Å². The smallest absolute Gasteiger partial charge is 0.124 e. The van der Waals surface area contributed by atoms with Crippen molar-refractivity contribution in [2.45, 2.75) is 22.9 Å². The molecule has 19 heavy (non-hydrogen) atoms. The van der Waals surface area contributed by atoms with E-state index >= 15 is 0 Å². The van der Waals surface area contributed by atoms with E-state index in [1.807, 2.05) is 37.3 Å². The van der Waals surface area contributed by atoms with Crippen molar-refractivity contribution in [1.29, 1.82) is 0 Å². The molecule has 0 spiro atoms. The third-order valence-electron chi connectivity index (χ3n) is 2.62. The standard InChI is InChI=1S/C14H15ClN2OS/c1-9(16)14-11(18-2)4-3-5-12(14)19-13-7-6-10(15)8-17-13/h3-9H,16H2,1-2H3. The fraction of sp³-hybridized carbons (Fsp3) is 0.214. The third-order valence-corrected chi connectivity index (χ3v) is 3.87. The van der Waals surface area contributed by atoms with E-state index in [1.165, 1.54) is 0 Å². The van der Waals surface area contributed by atoms with Gasteiger partial charge in [-0.1, -0.05) is 29.4 Å². The number of rotatable bonds is 4. The maximum absolute atomic E-state index is 6.03. The zero-order valence-corrected chi connectivity index (χ0v) is 12.3. The largest absolute Gasteiger partial charge is 0.496 e. The van der Waals surface area contributed by atoms with Crippen LogP contribution in [0.5, 0.6) is 5.75 Å². The Kier molecular flexibility index (Phi) is 4.69. The van der Waals surface area contributed by atoms with Gasteiger partial charge in [-0.25, -0.2) is 4.98 Å². The number of ether oxygens (including phenoxy) is 1. The zero-order chi connectivity index (χ0) is 13.8. The number of halogens is 1. The zero-order valence-electron chi connectivity index (χ0n) is 10.8. The van der Waals surface area contributed by atoms with Crippen LogP contribution >= 0.6 is 23.4 Å². The quantitative estimate of drug-likeness (QED) is 0.928. The van der Waals surface area contributed by atoms with Crippen molar-refractivity contribution < 1.29 is 4.74 Å². The van der Waals surface area contributed by atoms with E-state index in [2.05, 4.69) is 4.98 Å². The van der Waals surface area contributed by atoms with E-state index in [9.17, 15) is 0 Å². The molecule has 0 saturated heterocycles. The Labute approximate surface area is 122 Å². The molecular formula is C14H15ClN2OS. The number of hydrogen-bond donors (Lipinski definition) is 1. The van der Waals surface area contributed by atoms with Gasteiger partial charge in [-0.15, -0.1) is 0 Å². The van der Waals surface area contributed by atoms with Crippen LogP contribution in [0.15, 0.2) is 46.5 Å². The minimum absolute atomic E-state index is 0.106. The Balaban J connectivity index is 2.36. The predicted octanol–water partition coefficient (Wildman–Crippen LogP) is 3.91. The van der Waals surface area contributed by atoms with Gasteiger partial charge in [0, 0.05) is 22.7 Å². The molecular weight excluding hydrogens is 280 g/mol. The van der Waals surface area contributed by atoms with Crippen molar-refractivity contribution in [3.05, 3.63) is 47.1 Å². The molecule has 0 saturated carbocycles. The summed E-state index contributed by atoms with van der Waals surface area (Å²) in [6, 6.07) is 9.48. The van der Waals surface area contributed by atoms with Gasteiger partial charge < -0.3 is 10.5 Å². The number of nitrogens with two attached hydrogens (primary N) is 1. The molecule has 0 aliphatic carbocycles. The highest BCUT2D eigenvalue weighted by atomic mass is 35.5. The molecule has 0 fully saturated rings. The molecule has 2 rings (SSSR count). The van der Waals surface area contributed by atoms with Crippen LogP contribution in [0.4, 0.5) is 0 Å². The summed E-state index contributed by atoms with van der Waals surface area (Å²) in [5.74, 6) is 0.800. The molecule has 0 aliphatic heterocycles. The van der Waals surface area contributed by atoms with Crippen LogP contribution in [0.25, 0.3) is 0 Å². The molecule has 0 radical (unpaired) electrons. The topological polar surface area (TPSA) is 48.1 Å². The normalized spacial score (nSPS) is 12.2. The minimum Gasteiger partial charge on any atom is -0.496 e. The molecule has 0 aliphatic rings. The molecule has 1 aromatic heterocycles. The summed E-state index contributed by atoms with van der Waals surface area (Å²) in [4.78, 5) is 5.32. The first kappa shape index (κ1) is 14.2. The Morgan fingerprint density at radius 2 is 2.11 bits per heavy atom. The van der Waals surface area contributed by atoms with Crippen LogP contribution in [-0.4, -0.2) is 12.1 Å². The van der Waals surface area contributed by atoms with E-state index < -0.39 is 0 Å². The number of benzene rings is 1. The molecule has 0 bridgehead atoms. The van der Waals surface area contributed by atoms with Gasteiger partial charge in [0.1, 0.15) is 10.8 Å². The van der Waals surface area contributed by atoms with Gasteiger partial charge in [-0.05, 0) is 31.2 Å². The third kappa shape index (κ3) is 3.41. The van der Waals surface area contributed by atoms with Gasteiger partial charge >= 0.3 is 0 Å². The van der Waals surface area contributed by atoms with Gasteiger partial charge in [-0.2, -0.15) is 0 Å². The van der Waals surface area contributed by atoms with Crippen molar-refractivity contribution >= 4 is 23.4 Å². The van der Waals surface area contributed by atoms with E-state index in [-0.39, 0.29) is 6.04 Å². The average Bonchev–Trinajstić information content (AvgIpc) is 2.40. The second kappa shape index (κ2) is 6.28. The summed E-state index contributed by atoms with van der Waals surface area (Å²) >= 11 is 7.38. The lowest BCUT2D eigenvalue weighted by Crippen LogP contribution is -2.08. The molecule has 3 nitrogen and oxygen atoms in total. The van der Waals surface area contributed by atoms with Crippen molar-refractivity contribution in [3.8, 4) is 5.75 Å². The first-order valence-electron chi connectivity index (χ1n) is 5.83. The number of hydrogen-bond acceptors (Lipinski definition) is 4. The lowest BCUT2D eigenvalue weighted by Gasteiger charge is -2.16. The number of aromatic nitrogens is 1. The van der Waals surface area contributed by atoms with Gasteiger partial charge in [0.15, 0.2) is 0 Å². The minimum atomic E-state index is -0.106. The van der Waals surface area contributed by atoms with Crippen LogP contribution in [0.1, 0.15) is 18.5 Å². The SMILES string of the molecule is COc1cccc(Sc2ccc(Cl)cn2)c1C(C)N. The second-order valence-electron chi connectivity index (χ2n) is 4.08. The first-order valence-corrected chi connectivity index (χ1v) is 7.03. The maximum Gasteiger partial charge on any atom is 0.124 e. The molecule has 1 atom stereocenters. The van der Waals surface area contributed by atoms with Crippen LogP contribution in [0, 0.1) is 0 Å². The Morgan fingerprint density at radius 3 is 2.68 bits per heavy atom. The predicted molar refractivity (Wildman–Crippen MR) is 79.0 cm³/mol. The Bertz CT molecular complexity index is 558. The molecule has 2 aromatic rings.